The van der Waals surface area contributed by atoms with Gasteiger partial charge < -0.3 is 112 Å². The summed E-state index contributed by atoms with van der Waals surface area (Å²) in [5, 5.41) is 72.1. The summed E-state index contributed by atoms with van der Waals surface area (Å²) in [5.74, 6) is -21.4. The van der Waals surface area contributed by atoms with Gasteiger partial charge in [-0.15, -0.1) is 0 Å². The van der Waals surface area contributed by atoms with Gasteiger partial charge in [-0.1, -0.05) is 160 Å². The number of aliphatic carboxylic acids is 1. The molecule has 0 radical (unpaired) electrons. The first kappa shape index (κ1) is 118. The lowest BCUT2D eigenvalue weighted by atomic mass is 9.89. The third-order valence-electron chi connectivity index (χ3n) is 24.1. The third kappa shape index (κ3) is 39.5. The lowest BCUT2D eigenvalue weighted by Crippen LogP contribution is -2.65. The monoisotopic (exact) mass is 1950 g/mol. The van der Waals surface area contributed by atoms with Crippen LogP contribution in [-0.2, 0) is 115 Å². The van der Waals surface area contributed by atoms with Gasteiger partial charge in [0.2, 0.25) is 112 Å². The zero-order valence-corrected chi connectivity index (χ0v) is 81.7. The average molecular weight is 1950 g/mol. The molecule has 4 unspecified atom stereocenters. The molecule has 0 aliphatic carbocycles. The minimum atomic E-state index is -2.07. The van der Waals surface area contributed by atoms with Crippen LogP contribution in [0.1, 0.15) is 237 Å². The molecule has 15 amide bonds. The minimum absolute atomic E-state index is 0. The van der Waals surface area contributed by atoms with Crippen molar-refractivity contribution in [1.82, 2.24) is 84.7 Å². The summed E-state index contributed by atoms with van der Waals surface area (Å²) < 4.78 is 0. The summed E-state index contributed by atoms with van der Waals surface area (Å²) in [6.45, 7) is 21.4. The highest BCUT2D eigenvalue weighted by molar-refractivity contribution is 6.41. The first-order chi connectivity index (χ1) is 64.8. The summed E-state index contributed by atoms with van der Waals surface area (Å²) in [6.07, 6.45) is 1.17. The van der Waals surface area contributed by atoms with Gasteiger partial charge in [0.05, 0.1) is 36.2 Å². The number of ketones is 4. The van der Waals surface area contributed by atoms with Crippen LogP contribution in [0.3, 0.4) is 0 Å². The number of para-hydroxylation sites is 1. The summed E-state index contributed by atoms with van der Waals surface area (Å²) in [7, 11) is 0. The van der Waals surface area contributed by atoms with E-state index in [1.54, 1.807) is 88.5 Å². The van der Waals surface area contributed by atoms with E-state index in [2.05, 4.69) is 84.7 Å². The van der Waals surface area contributed by atoms with E-state index in [-0.39, 0.29) is 83.0 Å². The molecule has 3 aromatic carbocycles. The van der Waals surface area contributed by atoms with Crippen molar-refractivity contribution in [3.05, 3.63) is 102 Å². The molecule has 23 N–H and O–H groups in total. The number of Topliss-reactive ketones (excluding diaryl/α,β-unsaturated/α-hetero) is 4. The molecule has 768 valence electrons. The highest BCUT2D eigenvalue weighted by Crippen LogP contribution is 2.26. The molecule has 1 aliphatic rings. The zero-order chi connectivity index (χ0) is 103. The number of carbonyl (C=O) groups is 20. The molecule has 0 bridgehead atoms. The number of nitrogens with two attached hydrogens (primary N) is 2. The number of benzene rings is 3. The van der Waals surface area contributed by atoms with E-state index >= 15 is 28.8 Å². The molecule has 1 fully saturated rings. The second-order valence-electron chi connectivity index (χ2n) is 37.5. The Morgan fingerprint density at radius 1 is 0.511 bits per heavy atom. The van der Waals surface area contributed by atoms with Gasteiger partial charge in [0.15, 0.2) is 0 Å². The molecular formula is C98H148N18O23. The fraction of sp³-hybridized carbons (Fsp3) is 0.592. The molecule has 1 saturated heterocycles. The van der Waals surface area contributed by atoms with Crippen molar-refractivity contribution in [2.45, 2.75) is 335 Å². The molecule has 0 saturated carbocycles. The molecule has 41 heteroatoms. The minimum Gasteiger partial charge on any atom is -0.508 e. The fourth-order valence-corrected chi connectivity index (χ4v) is 15.6. The van der Waals surface area contributed by atoms with Crippen LogP contribution in [0.5, 0.6) is 5.75 Å². The number of carbonyl (C=O) groups excluding carboxylic acids is 19. The first-order valence-corrected chi connectivity index (χ1v) is 47.3. The Labute approximate surface area is 811 Å². The zero-order valence-electron chi connectivity index (χ0n) is 81.7. The maximum atomic E-state index is 15.6. The maximum Gasteiger partial charge on any atom is 0.303 e. The molecule has 1 aliphatic heterocycles. The Hall–Kier alpha value is -12.9. The van der Waals surface area contributed by atoms with Gasteiger partial charge in [-0.25, -0.2) is 0 Å². The second kappa shape index (κ2) is 57.5. The Morgan fingerprint density at radius 3 is 1.59 bits per heavy atom. The number of nitrogens with one attached hydrogen (secondary N) is 16. The molecule has 5 rings (SSSR count). The summed E-state index contributed by atoms with van der Waals surface area (Å²) in [4.78, 5) is 284. The average Bonchev–Trinajstić information content (AvgIpc) is 1.71. The molecule has 41 nitrogen and oxygen atoms in total. The van der Waals surface area contributed by atoms with Crippen molar-refractivity contribution >= 4 is 129 Å². The van der Waals surface area contributed by atoms with Crippen LogP contribution in [0.2, 0.25) is 0 Å². The number of H-pyrrole nitrogens is 1. The standard InChI is InChI=1S/C97H144N18O23.CH4/c1-52(2)44-66-51-102-70(38-40-76(98)119)82(125)81(124)57(8)104-89(132)75(48-65-50-101-69-33-27-26-32-68(65)69)110-90(133)73(47-64-34-36-67(118)37-35-64)109-88(131)71(39-41-77(120)121)112-95(138)97(15,115-92(135)74(46-63-30-24-23-25-31-63)111-93(136)78(61(12)116)113-91(134)72(45-53(3)4)108-62(13)117)43-29-22-20-18-16-17-19-21-28-42-96(14,114-87(66)130)94(137)107-60(11)86(129)106-59(10)85(128)105-58(9)84(127)103-56(7)80(123)79(122)55(6)100-49-54(5)83(99)126;/h23-27,30-37,50,52-61,66,70-75,78,100-102,116,118H,16-22,28-29,38-49,51H2,1-15H3,(H2,98,119)(H2,99,126)(H,103,127)(H,104,132)(H,105,128)(H,106,129)(H,107,137)(H,108,117)(H,109,131)(H,110,133)(H,111,136)(H,112,138)(H,113,134)(H,114,130)(H,115,135)(H,120,121);1H4/t54-,55-,56-,57?,58?,59-,60?,61+,66+,70-,71-,72-,73?,74-,75-,78-,96-,97+;/m0./s1. The lowest BCUT2D eigenvalue weighted by molar-refractivity contribution is -0.140. The Balaban J connectivity index is 0.0000403. The number of amides is 15. The number of phenols is 1. The van der Waals surface area contributed by atoms with Crippen LogP contribution in [-0.4, -0.2) is 247 Å². The number of hydrogen-bond donors (Lipinski definition) is 21. The molecule has 4 aromatic rings. The highest BCUT2D eigenvalue weighted by atomic mass is 16.4. The van der Waals surface area contributed by atoms with Crippen LogP contribution < -0.4 is 91.2 Å². The molecular weight excluding hydrogens is 1800 g/mol. The van der Waals surface area contributed by atoms with Crippen molar-refractivity contribution in [2.75, 3.05) is 13.1 Å². The number of aromatic hydroxyl groups is 1. The van der Waals surface area contributed by atoms with Crippen molar-refractivity contribution in [1.29, 1.82) is 0 Å². The van der Waals surface area contributed by atoms with E-state index < -0.39 is 257 Å². The number of primary amides is 2. The molecule has 139 heavy (non-hydrogen) atoms. The van der Waals surface area contributed by atoms with E-state index in [9.17, 15) is 82.4 Å². The van der Waals surface area contributed by atoms with Crippen molar-refractivity contribution in [3.8, 4) is 5.75 Å². The SMILES string of the molecule is C.CC(=O)N[C@@H](CC(C)C)C(=O)N[C@H](C(=O)N[C@@H](Cc1ccccc1)C(=O)N[C@]1(C)CCCCCCCCCCC[C@@](C)(C(=O)NC(C)C(=O)N[C@@H](C)C(=O)NC(C)C(=O)N[C@@H](C)C(=O)C(=O)[C@H](C)NC[C@H](C)C(N)=O)NC(=O)[C@H](CC(C)C)CN[C@@H](CCC(N)=O)C(=O)C(=O)C(C)NC(=O)[C@H](Cc2c[nH]c3ccccc23)NC(=O)C(Cc2ccc(O)cc2)NC(=O)[C@H](CCC(=O)O)NC1=O)[C@@H](C)O. The Kier molecular flexibility index (Phi) is 48.9. The lowest BCUT2D eigenvalue weighted by Gasteiger charge is -2.34. The number of rotatable bonds is 39. The normalized spacial score (nSPS) is 21.8. The van der Waals surface area contributed by atoms with Gasteiger partial charge in [-0.2, -0.15) is 0 Å². The van der Waals surface area contributed by atoms with E-state index in [4.69, 9.17) is 11.5 Å². The number of phenolic OH excluding ortho intramolecular Hbond substituents is 1. The predicted octanol–water partition coefficient (Wildman–Crippen LogP) is 1.60. The first-order valence-electron chi connectivity index (χ1n) is 47.3. The van der Waals surface area contributed by atoms with Gasteiger partial charge in [-0.05, 0) is 148 Å². The van der Waals surface area contributed by atoms with Crippen LogP contribution >= 0.6 is 0 Å². The van der Waals surface area contributed by atoms with Gasteiger partial charge in [0, 0.05) is 75.1 Å². The number of hydrogen-bond acceptors (Lipinski definition) is 24. The van der Waals surface area contributed by atoms with E-state index in [1.807, 2.05) is 0 Å². The van der Waals surface area contributed by atoms with E-state index in [0.29, 0.717) is 79.0 Å². The number of aromatic nitrogens is 1. The number of aliphatic hydroxyl groups excluding tert-OH is 1. The summed E-state index contributed by atoms with van der Waals surface area (Å²) >= 11 is 0. The highest BCUT2D eigenvalue weighted by Gasteiger charge is 2.44. The van der Waals surface area contributed by atoms with Gasteiger partial charge in [0.1, 0.15) is 71.2 Å². The number of aliphatic hydroxyl groups is 1. The second-order valence-corrected chi connectivity index (χ2v) is 37.5. The van der Waals surface area contributed by atoms with Crippen LogP contribution in [0, 0.1) is 23.7 Å². The third-order valence-corrected chi connectivity index (χ3v) is 24.1. The Morgan fingerprint density at radius 2 is 1.04 bits per heavy atom. The van der Waals surface area contributed by atoms with E-state index in [0.717, 1.165) is 0 Å². The smallest absolute Gasteiger partial charge is 0.303 e. The fourth-order valence-electron chi connectivity index (χ4n) is 15.6. The van der Waals surface area contributed by atoms with Crippen molar-refractivity contribution in [2.24, 2.45) is 35.1 Å². The van der Waals surface area contributed by atoms with Crippen LogP contribution in [0.25, 0.3) is 10.9 Å². The molecule has 2 heterocycles. The van der Waals surface area contributed by atoms with Crippen molar-refractivity contribution < 1.29 is 111 Å². The number of aromatic amines is 1. The van der Waals surface area contributed by atoms with Gasteiger partial charge in [0.25, 0.3) is 0 Å². The van der Waals surface area contributed by atoms with Crippen LogP contribution in [0.15, 0.2) is 85.1 Å². The van der Waals surface area contributed by atoms with Crippen LogP contribution in [0.4, 0.5) is 0 Å². The quantitative estimate of drug-likeness (QED) is 0.0282. The number of fused-ring (bicyclic) bond motifs is 1. The number of carboxylic acids is 1. The summed E-state index contributed by atoms with van der Waals surface area (Å²) in [5.41, 5.74) is 8.90. The largest absolute Gasteiger partial charge is 0.508 e. The molecule has 0 spiro atoms. The Bertz CT molecular complexity index is 4910. The summed E-state index contributed by atoms with van der Waals surface area (Å²) in [6, 6.07) is 1.22. The topological polar surface area (TPSA) is 650 Å². The molecule has 18 atom stereocenters. The van der Waals surface area contributed by atoms with Gasteiger partial charge >= 0.3 is 5.97 Å². The van der Waals surface area contributed by atoms with Crippen molar-refractivity contribution in [3.63, 3.8) is 0 Å². The maximum absolute atomic E-state index is 15.6. The molecule has 1 aromatic heterocycles. The predicted molar refractivity (Wildman–Crippen MR) is 517 cm³/mol. The number of carboxylic acid groups (broad SMARTS) is 1. The van der Waals surface area contributed by atoms with E-state index in [1.165, 1.54) is 100 Å². The van der Waals surface area contributed by atoms with Gasteiger partial charge in [-0.3, -0.25) is 95.9 Å².